The number of halogens is 2. The molecule has 0 aliphatic carbocycles. The van der Waals surface area contributed by atoms with Gasteiger partial charge in [0, 0.05) is 39.5 Å². The van der Waals surface area contributed by atoms with Gasteiger partial charge in [0.2, 0.25) is 0 Å². The summed E-state index contributed by atoms with van der Waals surface area (Å²) in [6.07, 6.45) is 6.95. The molecular formula is C16H10FIN2. The fraction of sp³-hybridized carbons (Fsp3) is 0. The Hall–Kier alpha value is -1.82. The van der Waals surface area contributed by atoms with Crippen LogP contribution in [0.15, 0.2) is 61.2 Å². The molecule has 98 valence electrons. The lowest BCUT2D eigenvalue weighted by Crippen LogP contribution is -1.91. The summed E-state index contributed by atoms with van der Waals surface area (Å²) >= 11 is 2.00. The molecule has 0 N–H and O–H groups in total. The van der Waals surface area contributed by atoms with Crippen LogP contribution >= 0.6 is 22.6 Å². The lowest BCUT2D eigenvalue weighted by molar-refractivity contribution is 0.621. The molecule has 0 spiro atoms. The summed E-state index contributed by atoms with van der Waals surface area (Å²) < 4.78 is 14.5. The smallest absolute Gasteiger partial charge is 0.137 e. The van der Waals surface area contributed by atoms with Gasteiger partial charge in [-0.05, 0) is 58.0 Å². The van der Waals surface area contributed by atoms with E-state index in [1.54, 1.807) is 30.9 Å². The Balaban J connectivity index is 2.26. The molecular weight excluding hydrogens is 366 g/mol. The third-order valence-corrected chi connectivity index (χ3v) is 3.83. The van der Waals surface area contributed by atoms with Gasteiger partial charge in [-0.15, -0.1) is 0 Å². The van der Waals surface area contributed by atoms with Crippen LogP contribution in [-0.4, -0.2) is 9.97 Å². The second-order valence-electron chi connectivity index (χ2n) is 4.30. The summed E-state index contributed by atoms with van der Waals surface area (Å²) in [5.74, 6) is -0.225. The zero-order valence-electron chi connectivity index (χ0n) is 10.4. The molecule has 0 aliphatic rings. The average molecular weight is 376 g/mol. The largest absolute Gasteiger partial charge is 0.264 e. The van der Waals surface area contributed by atoms with Crippen LogP contribution in [0.4, 0.5) is 4.39 Å². The second-order valence-corrected chi connectivity index (χ2v) is 5.46. The minimum atomic E-state index is -0.225. The quantitative estimate of drug-likeness (QED) is 0.613. The van der Waals surface area contributed by atoms with Crippen LogP contribution in [0.1, 0.15) is 0 Å². The predicted molar refractivity (Wildman–Crippen MR) is 85.6 cm³/mol. The van der Waals surface area contributed by atoms with E-state index in [2.05, 4.69) is 9.97 Å². The van der Waals surface area contributed by atoms with Crippen molar-refractivity contribution < 1.29 is 4.39 Å². The normalized spacial score (nSPS) is 10.5. The Labute approximate surface area is 129 Å². The van der Waals surface area contributed by atoms with Crippen molar-refractivity contribution in [2.75, 3.05) is 0 Å². The molecule has 2 nitrogen and oxygen atoms in total. The first kappa shape index (κ1) is 13.2. The Kier molecular flexibility index (Phi) is 3.73. The molecule has 20 heavy (non-hydrogen) atoms. The molecule has 0 fully saturated rings. The molecule has 1 aromatic carbocycles. The minimum Gasteiger partial charge on any atom is -0.264 e. The third kappa shape index (κ3) is 2.56. The van der Waals surface area contributed by atoms with E-state index in [-0.39, 0.29) is 5.82 Å². The van der Waals surface area contributed by atoms with Crippen LogP contribution in [0, 0.1) is 9.39 Å². The number of nitrogens with zero attached hydrogens (tertiary/aromatic N) is 2. The number of aromatic nitrogens is 2. The number of hydrogen-bond acceptors (Lipinski definition) is 2. The first-order valence-corrected chi connectivity index (χ1v) is 7.13. The highest BCUT2D eigenvalue weighted by molar-refractivity contribution is 14.1. The highest BCUT2D eigenvalue weighted by Gasteiger charge is 2.12. The number of benzene rings is 1. The molecule has 2 heterocycles. The molecule has 0 saturated carbocycles. The lowest BCUT2D eigenvalue weighted by Gasteiger charge is -2.11. The molecule has 0 aliphatic heterocycles. The summed E-state index contributed by atoms with van der Waals surface area (Å²) in [5.41, 5.74) is 3.63. The third-order valence-electron chi connectivity index (χ3n) is 3.01. The van der Waals surface area contributed by atoms with Crippen LogP contribution in [-0.2, 0) is 0 Å². The van der Waals surface area contributed by atoms with Gasteiger partial charge in [0.25, 0.3) is 0 Å². The molecule has 4 heteroatoms. The van der Waals surface area contributed by atoms with Crippen molar-refractivity contribution >= 4 is 22.6 Å². The van der Waals surface area contributed by atoms with Crippen LogP contribution in [0.2, 0.25) is 0 Å². The molecule has 3 rings (SSSR count). The number of rotatable bonds is 2. The molecule has 3 aromatic rings. The molecule has 0 radical (unpaired) electrons. The van der Waals surface area contributed by atoms with Gasteiger partial charge in [-0.25, -0.2) is 4.39 Å². The van der Waals surface area contributed by atoms with Gasteiger partial charge in [-0.2, -0.15) is 0 Å². The Morgan fingerprint density at radius 3 is 1.90 bits per heavy atom. The van der Waals surface area contributed by atoms with Crippen molar-refractivity contribution in [2.24, 2.45) is 0 Å². The van der Waals surface area contributed by atoms with E-state index >= 15 is 0 Å². The van der Waals surface area contributed by atoms with Gasteiger partial charge in [-0.3, -0.25) is 9.97 Å². The summed E-state index contributed by atoms with van der Waals surface area (Å²) in [7, 11) is 0. The standard InChI is InChI=1S/C16H10FIN2/c17-15-7-13(11-3-1-5-19-9-11)14(8-16(15)18)12-4-2-6-20-10-12/h1-10H. The fourth-order valence-corrected chi connectivity index (χ4v) is 2.54. The Bertz CT molecular complexity index is 666. The van der Waals surface area contributed by atoms with Crippen LogP contribution in [0.5, 0.6) is 0 Å². The van der Waals surface area contributed by atoms with E-state index in [0.717, 1.165) is 22.3 Å². The monoisotopic (exact) mass is 376 g/mol. The van der Waals surface area contributed by atoms with Crippen molar-refractivity contribution in [1.82, 2.24) is 9.97 Å². The van der Waals surface area contributed by atoms with E-state index in [1.165, 1.54) is 0 Å². The summed E-state index contributed by atoms with van der Waals surface area (Å²) in [6, 6.07) is 11.0. The molecule has 2 aromatic heterocycles. The van der Waals surface area contributed by atoms with E-state index in [9.17, 15) is 4.39 Å². The summed E-state index contributed by atoms with van der Waals surface area (Å²) in [6.45, 7) is 0. The molecule has 0 saturated heterocycles. The maximum absolute atomic E-state index is 13.9. The summed E-state index contributed by atoms with van der Waals surface area (Å²) in [4.78, 5) is 8.24. The SMILES string of the molecule is Fc1cc(-c2cccnc2)c(-c2cccnc2)cc1I. The minimum absolute atomic E-state index is 0.225. The topological polar surface area (TPSA) is 25.8 Å². The average Bonchev–Trinajstić information content (AvgIpc) is 2.51. The van der Waals surface area contributed by atoms with Gasteiger partial charge >= 0.3 is 0 Å². The first-order valence-electron chi connectivity index (χ1n) is 6.05. The molecule has 0 unspecified atom stereocenters. The van der Waals surface area contributed by atoms with Crippen LogP contribution in [0.3, 0.4) is 0 Å². The maximum atomic E-state index is 13.9. The maximum Gasteiger partial charge on any atom is 0.137 e. The Morgan fingerprint density at radius 1 is 0.850 bits per heavy atom. The van der Waals surface area contributed by atoms with Gasteiger partial charge in [0.15, 0.2) is 0 Å². The molecule has 0 atom stereocenters. The van der Waals surface area contributed by atoms with E-state index in [1.807, 2.05) is 52.9 Å². The summed E-state index contributed by atoms with van der Waals surface area (Å²) in [5, 5.41) is 0. The van der Waals surface area contributed by atoms with Crippen molar-refractivity contribution in [3.8, 4) is 22.3 Å². The van der Waals surface area contributed by atoms with Crippen LogP contribution < -0.4 is 0 Å². The van der Waals surface area contributed by atoms with Crippen LogP contribution in [0.25, 0.3) is 22.3 Å². The Morgan fingerprint density at radius 2 is 1.40 bits per heavy atom. The van der Waals surface area contributed by atoms with E-state index in [4.69, 9.17) is 0 Å². The van der Waals surface area contributed by atoms with Gasteiger partial charge < -0.3 is 0 Å². The number of pyridine rings is 2. The van der Waals surface area contributed by atoms with Gasteiger partial charge in [0.1, 0.15) is 5.82 Å². The zero-order chi connectivity index (χ0) is 13.9. The molecule has 0 bridgehead atoms. The van der Waals surface area contributed by atoms with Gasteiger partial charge in [-0.1, -0.05) is 12.1 Å². The van der Waals surface area contributed by atoms with Crippen molar-refractivity contribution in [3.63, 3.8) is 0 Å². The fourth-order valence-electron chi connectivity index (χ4n) is 2.07. The zero-order valence-corrected chi connectivity index (χ0v) is 12.6. The van der Waals surface area contributed by atoms with Crippen molar-refractivity contribution in [3.05, 3.63) is 70.6 Å². The van der Waals surface area contributed by atoms with E-state index < -0.39 is 0 Å². The lowest BCUT2D eigenvalue weighted by atomic mass is 9.96. The van der Waals surface area contributed by atoms with Gasteiger partial charge in [0.05, 0.1) is 0 Å². The molecule has 0 amide bonds. The van der Waals surface area contributed by atoms with E-state index in [0.29, 0.717) is 3.57 Å². The number of hydrogen-bond donors (Lipinski definition) is 0. The van der Waals surface area contributed by atoms with Crippen molar-refractivity contribution in [2.45, 2.75) is 0 Å². The second kappa shape index (κ2) is 5.66. The van der Waals surface area contributed by atoms with Crippen molar-refractivity contribution in [1.29, 1.82) is 0 Å². The highest BCUT2D eigenvalue weighted by atomic mass is 127. The predicted octanol–water partition coefficient (Wildman–Crippen LogP) is 4.55. The highest BCUT2D eigenvalue weighted by Crippen LogP contribution is 2.33. The first-order chi connectivity index (χ1) is 9.75.